The van der Waals surface area contributed by atoms with E-state index in [0.717, 1.165) is 19.8 Å². The molecule has 0 saturated carbocycles. The van der Waals surface area contributed by atoms with Gasteiger partial charge in [-0.25, -0.2) is 0 Å². The van der Waals surface area contributed by atoms with Gasteiger partial charge < -0.3 is 10.1 Å². The third-order valence-electron chi connectivity index (χ3n) is 3.65. The molecule has 0 bridgehead atoms. The van der Waals surface area contributed by atoms with E-state index in [4.69, 9.17) is 4.74 Å². The van der Waals surface area contributed by atoms with Crippen molar-refractivity contribution in [1.82, 2.24) is 5.32 Å². The first-order valence-electron chi connectivity index (χ1n) is 8.34. The van der Waals surface area contributed by atoms with Crippen molar-refractivity contribution < 1.29 is 4.74 Å². The lowest BCUT2D eigenvalue weighted by Crippen LogP contribution is -2.38. The number of unbranched alkanes of at least 4 members (excludes halogenated alkanes) is 2. The number of rotatable bonds is 9. The SMILES string of the molecule is CCCCCOCc1ccc(C(C)CNC(C)(C)C)cc1. The Labute approximate surface area is 131 Å². The zero-order valence-corrected chi connectivity index (χ0v) is 14.5. The Hall–Kier alpha value is -0.860. The first-order chi connectivity index (χ1) is 9.92. The molecular formula is C19H33NO. The van der Waals surface area contributed by atoms with Crippen molar-refractivity contribution in [2.24, 2.45) is 0 Å². The quantitative estimate of drug-likeness (QED) is 0.654. The standard InChI is InChI=1S/C19H33NO/c1-6-7-8-13-21-15-17-9-11-18(12-10-17)16(2)14-20-19(3,4)5/h9-12,16,20H,6-8,13-15H2,1-5H3. The van der Waals surface area contributed by atoms with Crippen LogP contribution in [0.25, 0.3) is 0 Å². The minimum absolute atomic E-state index is 0.181. The molecule has 1 aromatic rings. The number of hydrogen-bond acceptors (Lipinski definition) is 2. The third kappa shape index (κ3) is 8.23. The van der Waals surface area contributed by atoms with E-state index in [9.17, 15) is 0 Å². The Bertz CT molecular complexity index is 378. The van der Waals surface area contributed by atoms with Gasteiger partial charge in [0.25, 0.3) is 0 Å². The highest BCUT2D eigenvalue weighted by atomic mass is 16.5. The molecule has 0 heterocycles. The topological polar surface area (TPSA) is 21.3 Å². The van der Waals surface area contributed by atoms with Crippen molar-refractivity contribution in [1.29, 1.82) is 0 Å². The van der Waals surface area contributed by atoms with Crippen LogP contribution in [0.3, 0.4) is 0 Å². The number of benzene rings is 1. The number of nitrogens with one attached hydrogen (secondary N) is 1. The second-order valence-electron chi connectivity index (χ2n) is 7.03. The van der Waals surface area contributed by atoms with Gasteiger partial charge in [0, 0.05) is 18.7 Å². The van der Waals surface area contributed by atoms with E-state index in [1.54, 1.807) is 0 Å². The minimum Gasteiger partial charge on any atom is -0.377 e. The van der Waals surface area contributed by atoms with Gasteiger partial charge in [0.2, 0.25) is 0 Å². The van der Waals surface area contributed by atoms with E-state index >= 15 is 0 Å². The molecule has 0 amide bonds. The summed E-state index contributed by atoms with van der Waals surface area (Å²) in [6.45, 7) is 13.7. The van der Waals surface area contributed by atoms with Crippen LogP contribution in [0.5, 0.6) is 0 Å². The van der Waals surface area contributed by atoms with Crippen molar-refractivity contribution >= 4 is 0 Å². The van der Waals surface area contributed by atoms with Gasteiger partial charge in [-0.1, -0.05) is 51.0 Å². The van der Waals surface area contributed by atoms with Crippen LogP contribution in [0, 0.1) is 0 Å². The first kappa shape index (κ1) is 18.2. The summed E-state index contributed by atoms with van der Waals surface area (Å²) in [6, 6.07) is 8.87. The fourth-order valence-electron chi connectivity index (χ4n) is 2.16. The first-order valence-corrected chi connectivity index (χ1v) is 8.34. The molecule has 120 valence electrons. The Morgan fingerprint density at radius 1 is 1.10 bits per heavy atom. The second-order valence-corrected chi connectivity index (χ2v) is 7.03. The Morgan fingerprint density at radius 3 is 2.33 bits per heavy atom. The van der Waals surface area contributed by atoms with Crippen LogP contribution in [0.1, 0.15) is 70.9 Å². The van der Waals surface area contributed by atoms with E-state index in [1.807, 2.05) is 0 Å². The Morgan fingerprint density at radius 2 is 1.76 bits per heavy atom. The molecule has 21 heavy (non-hydrogen) atoms. The van der Waals surface area contributed by atoms with Gasteiger partial charge >= 0.3 is 0 Å². The van der Waals surface area contributed by atoms with Gasteiger partial charge in [-0.2, -0.15) is 0 Å². The summed E-state index contributed by atoms with van der Waals surface area (Å²) in [6.07, 6.45) is 3.68. The summed E-state index contributed by atoms with van der Waals surface area (Å²) in [5, 5.41) is 3.56. The third-order valence-corrected chi connectivity index (χ3v) is 3.65. The molecule has 0 aliphatic carbocycles. The number of ether oxygens (including phenoxy) is 1. The van der Waals surface area contributed by atoms with E-state index in [2.05, 4.69) is 64.2 Å². The molecule has 0 radical (unpaired) electrons. The fourth-order valence-corrected chi connectivity index (χ4v) is 2.16. The summed E-state index contributed by atoms with van der Waals surface area (Å²) in [7, 11) is 0. The zero-order valence-electron chi connectivity index (χ0n) is 14.5. The highest BCUT2D eigenvalue weighted by Crippen LogP contribution is 2.16. The van der Waals surface area contributed by atoms with Gasteiger partial charge in [-0.3, -0.25) is 0 Å². The van der Waals surface area contributed by atoms with Crippen LogP contribution < -0.4 is 5.32 Å². The van der Waals surface area contributed by atoms with Crippen LogP contribution in [0.4, 0.5) is 0 Å². The molecule has 0 aromatic heterocycles. The predicted molar refractivity (Wildman–Crippen MR) is 91.8 cm³/mol. The normalized spacial score (nSPS) is 13.4. The van der Waals surface area contributed by atoms with Crippen LogP contribution in [0.15, 0.2) is 24.3 Å². The predicted octanol–water partition coefficient (Wildman–Crippen LogP) is 4.89. The molecule has 0 fully saturated rings. The molecule has 1 aromatic carbocycles. The smallest absolute Gasteiger partial charge is 0.0716 e. The molecule has 1 unspecified atom stereocenters. The van der Waals surface area contributed by atoms with Crippen molar-refractivity contribution in [3.63, 3.8) is 0 Å². The molecule has 1 rings (SSSR count). The lowest BCUT2D eigenvalue weighted by atomic mass is 9.98. The highest BCUT2D eigenvalue weighted by Gasteiger charge is 2.12. The van der Waals surface area contributed by atoms with Gasteiger partial charge in [0.15, 0.2) is 0 Å². The molecule has 2 nitrogen and oxygen atoms in total. The average molecular weight is 291 g/mol. The van der Waals surface area contributed by atoms with E-state index in [-0.39, 0.29) is 5.54 Å². The monoisotopic (exact) mass is 291 g/mol. The molecule has 2 heteroatoms. The summed E-state index contributed by atoms with van der Waals surface area (Å²) >= 11 is 0. The summed E-state index contributed by atoms with van der Waals surface area (Å²) in [5.41, 5.74) is 2.84. The van der Waals surface area contributed by atoms with Gasteiger partial charge in [-0.15, -0.1) is 0 Å². The van der Waals surface area contributed by atoms with Crippen molar-refractivity contribution in [2.45, 2.75) is 71.9 Å². The molecule has 0 spiro atoms. The second kappa shape index (κ2) is 9.22. The van der Waals surface area contributed by atoms with Crippen LogP contribution in [-0.2, 0) is 11.3 Å². The molecule has 1 N–H and O–H groups in total. The van der Waals surface area contributed by atoms with Gasteiger partial charge in [0.1, 0.15) is 0 Å². The molecule has 0 aliphatic heterocycles. The van der Waals surface area contributed by atoms with Crippen LogP contribution >= 0.6 is 0 Å². The minimum atomic E-state index is 0.181. The highest BCUT2D eigenvalue weighted by molar-refractivity contribution is 5.25. The molecule has 0 aliphatic rings. The average Bonchev–Trinajstić information content (AvgIpc) is 2.44. The van der Waals surface area contributed by atoms with Crippen molar-refractivity contribution in [3.05, 3.63) is 35.4 Å². The lowest BCUT2D eigenvalue weighted by molar-refractivity contribution is 0.117. The van der Waals surface area contributed by atoms with Crippen LogP contribution in [0.2, 0.25) is 0 Å². The van der Waals surface area contributed by atoms with E-state index < -0.39 is 0 Å². The van der Waals surface area contributed by atoms with Gasteiger partial charge in [-0.05, 0) is 44.2 Å². The van der Waals surface area contributed by atoms with Crippen molar-refractivity contribution in [2.75, 3.05) is 13.2 Å². The maximum absolute atomic E-state index is 5.70. The summed E-state index contributed by atoms with van der Waals surface area (Å²) < 4.78 is 5.70. The summed E-state index contributed by atoms with van der Waals surface area (Å²) in [5.74, 6) is 0.531. The number of hydrogen-bond donors (Lipinski definition) is 1. The molecular weight excluding hydrogens is 258 g/mol. The Kier molecular flexibility index (Phi) is 7.98. The van der Waals surface area contributed by atoms with Gasteiger partial charge in [0.05, 0.1) is 6.61 Å². The largest absolute Gasteiger partial charge is 0.377 e. The van der Waals surface area contributed by atoms with Crippen LogP contribution in [-0.4, -0.2) is 18.7 Å². The Balaban J connectivity index is 2.35. The van der Waals surface area contributed by atoms with E-state index in [0.29, 0.717) is 5.92 Å². The maximum Gasteiger partial charge on any atom is 0.0716 e. The molecule has 1 atom stereocenters. The molecule has 0 saturated heterocycles. The van der Waals surface area contributed by atoms with Crippen molar-refractivity contribution in [3.8, 4) is 0 Å². The maximum atomic E-state index is 5.70. The zero-order chi connectivity index (χ0) is 15.7. The summed E-state index contributed by atoms with van der Waals surface area (Å²) in [4.78, 5) is 0. The fraction of sp³-hybridized carbons (Fsp3) is 0.684. The van der Waals surface area contributed by atoms with E-state index in [1.165, 1.54) is 30.4 Å². The lowest BCUT2D eigenvalue weighted by Gasteiger charge is -2.23.